The predicted molar refractivity (Wildman–Crippen MR) is 159 cm³/mol. The van der Waals surface area contributed by atoms with Crippen LogP contribution in [-0.4, -0.2) is 33.5 Å². The van der Waals surface area contributed by atoms with Crippen LogP contribution in [0, 0.1) is 0 Å². The lowest BCUT2D eigenvalue weighted by Gasteiger charge is -2.39. The van der Waals surface area contributed by atoms with E-state index in [1.165, 1.54) is 45.9 Å². The number of nitrogens with zero attached hydrogens (tertiary/aromatic N) is 2. The molecule has 1 saturated carbocycles. The summed E-state index contributed by atoms with van der Waals surface area (Å²) in [6.07, 6.45) is 5.88. The maximum absolute atomic E-state index is 4.90. The lowest BCUT2D eigenvalue weighted by Crippen LogP contribution is -2.46. The summed E-state index contributed by atoms with van der Waals surface area (Å²) in [6.45, 7) is 1.07. The molecule has 0 radical (unpaired) electrons. The number of hydrogen-bond donors (Lipinski definition) is 4. The normalized spacial score (nSPS) is 18.7. The van der Waals surface area contributed by atoms with Crippen molar-refractivity contribution in [3.63, 3.8) is 0 Å². The Labute approximate surface area is 227 Å². The van der Waals surface area contributed by atoms with Gasteiger partial charge in [-0.25, -0.2) is 9.97 Å². The van der Waals surface area contributed by atoms with Crippen LogP contribution in [0.3, 0.4) is 0 Å². The highest BCUT2D eigenvalue weighted by Crippen LogP contribution is 2.40. The molecule has 4 N–H and O–H groups in total. The molecule has 2 aliphatic rings. The van der Waals surface area contributed by atoms with Crippen molar-refractivity contribution >= 4 is 32.8 Å². The van der Waals surface area contributed by atoms with Gasteiger partial charge in [0.1, 0.15) is 11.6 Å². The minimum atomic E-state index is 0.0132. The van der Waals surface area contributed by atoms with E-state index >= 15 is 0 Å². The van der Waals surface area contributed by atoms with Crippen LogP contribution >= 0.6 is 0 Å². The van der Waals surface area contributed by atoms with Crippen LogP contribution in [0.1, 0.15) is 49.8 Å². The van der Waals surface area contributed by atoms with Crippen LogP contribution in [0.2, 0.25) is 0 Å². The quantitative estimate of drug-likeness (QED) is 0.201. The van der Waals surface area contributed by atoms with Crippen LogP contribution in [0.4, 0.5) is 0 Å². The van der Waals surface area contributed by atoms with Gasteiger partial charge in [-0.1, -0.05) is 48.5 Å². The van der Waals surface area contributed by atoms with E-state index in [1.807, 2.05) is 7.05 Å². The zero-order valence-electron chi connectivity index (χ0n) is 22.1. The number of imidazole rings is 2. The minimum Gasteiger partial charge on any atom is -0.340 e. The van der Waals surface area contributed by atoms with Gasteiger partial charge >= 0.3 is 0 Å². The summed E-state index contributed by atoms with van der Waals surface area (Å²) < 4.78 is 0. The second-order valence-corrected chi connectivity index (χ2v) is 11.2. The molecule has 2 fully saturated rings. The maximum atomic E-state index is 4.90. The standard InChI is InChI=1S/C33H32N6/c1-34-33(15-3-16-33)32-37-26-13-10-23(19-29(26)38-32)21-7-5-20(6-8-21)22-9-12-25-24(18-22)11-14-27-30(25)39-31(36-27)28-4-2-17-35-28/h5-14,18-19,28,34-35H,2-4,15-17H2,1H3,(H,36,39)(H,37,38)/t28-/m0/s1. The first kappa shape index (κ1) is 22.9. The molecular weight excluding hydrogens is 480 g/mol. The van der Waals surface area contributed by atoms with Crippen molar-refractivity contribution in [1.29, 1.82) is 0 Å². The van der Waals surface area contributed by atoms with Crippen LogP contribution in [0.15, 0.2) is 72.8 Å². The van der Waals surface area contributed by atoms with Gasteiger partial charge in [-0.2, -0.15) is 0 Å². The molecule has 2 aromatic heterocycles. The van der Waals surface area contributed by atoms with Crippen LogP contribution in [0.5, 0.6) is 0 Å². The summed E-state index contributed by atoms with van der Waals surface area (Å²) in [5.74, 6) is 2.12. The summed E-state index contributed by atoms with van der Waals surface area (Å²) in [4.78, 5) is 17.0. The summed E-state index contributed by atoms with van der Waals surface area (Å²) in [5, 5.41) is 9.49. The number of nitrogens with one attached hydrogen (secondary N) is 4. The first-order valence-electron chi connectivity index (χ1n) is 14.1. The molecule has 39 heavy (non-hydrogen) atoms. The summed E-state index contributed by atoms with van der Waals surface area (Å²) in [7, 11) is 2.04. The van der Waals surface area contributed by atoms with E-state index in [1.54, 1.807) is 0 Å². The smallest absolute Gasteiger partial charge is 0.127 e. The fourth-order valence-electron chi connectivity index (χ4n) is 6.50. The Bertz CT molecular complexity index is 1830. The van der Waals surface area contributed by atoms with E-state index in [9.17, 15) is 0 Å². The average molecular weight is 513 g/mol. The van der Waals surface area contributed by atoms with Gasteiger partial charge in [-0.05, 0) is 97.6 Å². The minimum absolute atomic E-state index is 0.0132. The SMILES string of the molecule is CNC1(c2nc3ccc(-c4ccc(-c5ccc6c(ccc7nc([C@@H]8CCCN8)[nH]c76)c5)cc4)cc3[nH]2)CCC1. The van der Waals surface area contributed by atoms with Crippen molar-refractivity contribution < 1.29 is 0 Å². The summed E-state index contributed by atoms with van der Waals surface area (Å²) >= 11 is 0. The van der Waals surface area contributed by atoms with Gasteiger partial charge < -0.3 is 20.6 Å². The van der Waals surface area contributed by atoms with E-state index in [-0.39, 0.29) is 5.54 Å². The first-order valence-corrected chi connectivity index (χ1v) is 14.1. The molecule has 8 rings (SSSR count). The fraction of sp³-hybridized carbons (Fsp3) is 0.273. The van der Waals surface area contributed by atoms with Crippen LogP contribution in [-0.2, 0) is 5.54 Å². The third-order valence-corrected chi connectivity index (χ3v) is 9.05. The van der Waals surface area contributed by atoms with Gasteiger partial charge in [-0.15, -0.1) is 0 Å². The molecule has 1 saturated heterocycles. The lowest BCUT2D eigenvalue weighted by atomic mass is 9.76. The van der Waals surface area contributed by atoms with Gasteiger partial charge in [0.2, 0.25) is 0 Å². The number of fused-ring (bicyclic) bond motifs is 4. The number of H-pyrrole nitrogens is 2. The third-order valence-electron chi connectivity index (χ3n) is 9.05. The van der Waals surface area contributed by atoms with E-state index in [0.717, 1.165) is 59.5 Å². The van der Waals surface area contributed by atoms with E-state index in [2.05, 4.69) is 93.4 Å². The van der Waals surface area contributed by atoms with Crippen molar-refractivity contribution in [1.82, 2.24) is 30.6 Å². The molecule has 0 amide bonds. The topological polar surface area (TPSA) is 81.4 Å². The second-order valence-electron chi connectivity index (χ2n) is 11.2. The van der Waals surface area contributed by atoms with Gasteiger partial charge in [0.05, 0.1) is 33.6 Å². The number of rotatable bonds is 5. The summed E-state index contributed by atoms with van der Waals surface area (Å²) in [6, 6.07) is 26.8. The lowest BCUT2D eigenvalue weighted by molar-refractivity contribution is 0.189. The first-order chi connectivity index (χ1) is 19.2. The van der Waals surface area contributed by atoms with Crippen molar-refractivity contribution in [2.75, 3.05) is 13.6 Å². The molecule has 6 heteroatoms. The van der Waals surface area contributed by atoms with Gasteiger partial charge in [0.25, 0.3) is 0 Å². The number of hydrogen-bond acceptors (Lipinski definition) is 4. The third kappa shape index (κ3) is 3.70. The Morgan fingerprint density at radius 1 is 0.769 bits per heavy atom. The van der Waals surface area contributed by atoms with Gasteiger partial charge in [0.15, 0.2) is 0 Å². The molecule has 0 bridgehead atoms. The largest absolute Gasteiger partial charge is 0.340 e. The van der Waals surface area contributed by atoms with E-state index in [0.29, 0.717) is 6.04 Å². The summed E-state index contributed by atoms with van der Waals surface area (Å²) in [5.41, 5.74) is 9.15. The molecule has 0 unspecified atom stereocenters. The van der Waals surface area contributed by atoms with Crippen molar-refractivity contribution in [3.05, 3.63) is 84.4 Å². The second kappa shape index (κ2) is 8.76. The average Bonchev–Trinajstić information content (AvgIpc) is 3.72. The Hall–Kier alpha value is -4.00. The number of aromatic amines is 2. The number of benzene rings is 4. The molecule has 1 atom stereocenters. The predicted octanol–water partition coefficient (Wildman–Crippen LogP) is 6.95. The van der Waals surface area contributed by atoms with Crippen molar-refractivity contribution in [3.8, 4) is 22.3 Å². The zero-order valence-corrected chi connectivity index (χ0v) is 22.1. The zero-order chi connectivity index (χ0) is 26.0. The highest BCUT2D eigenvalue weighted by atomic mass is 15.1. The van der Waals surface area contributed by atoms with Gasteiger partial charge in [0, 0.05) is 5.39 Å². The fourth-order valence-corrected chi connectivity index (χ4v) is 6.50. The molecule has 4 aromatic carbocycles. The van der Waals surface area contributed by atoms with Crippen LogP contribution < -0.4 is 10.6 Å². The molecule has 1 aliphatic carbocycles. The monoisotopic (exact) mass is 512 g/mol. The van der Waals surface area contributed by atoms with Crippen molar-refractivity contribution in [2.24, 2.45) is 0 Å². The maximum Gasteiger partial charge on any atom is 0.127 e. The molecule has 3 heterocycles. The molecule has 194 valence electrons. The molecular formula is C33H32N6. The van der Waals surface area contributed by atoms with Crippen LogP contribution in [0.25, 0.3) is 55.1 Å². The molecule has 1 aliphatic heterocycles. The molecule has 6 nitrogen and oxygen atoms in total. The van der Waals surface area contributed by atoms with Gasteiger partial charge in [-0.3, -0.25) is 0 Å². The van der Waals surface area contributed by atoms with Crippen molar-refractivity contribution in [2.45, 2.75) is 43.7 Å². The highest BCUT2D eigenvalue weighted by Gasteiger charge is 2.39. The Balaban J connectivity index is 1.09. The highest BCUT2D eigenvalue weighted by molar-refractivity contribution is 6.05. The Morgan fingerprint density at radius 3 is 2.23 bits per heavy atom. The van der Waals surface area contributed by atoms with E-state index < -0.39 is 0 Å². The van der Waals surface area contributed by atoms with E-state index in [4.69, 9.17) is 9.97 Å². The Morgan fingerprint density at radius 2 is 1.51 bits per heavy atom. The number of aromatic nitrogens is 4. The molecule has 0 spiro atoms. The molecule has 6 aromatic rings. The Kier molecular flexibility index (Phi) is 5.15.